The number of anilines is 1. The summed E-state index contributed by atoms with van der Waals surface area (Å²) < 4.78 is 8.05. The third kappa shape index (κ3) is 3.59. The highest BCUT2D eigenvalue weighted by Gasteiger charge is 2.48. The molecule has 3 heterocycles. The number of aromatic nitrogens is 2. The van der Waals surface area contributed by atoms with Gasteiger partial charge in [0.15, 0.2) is 0 Å². The molecule has 3 aliphatic rings. The fourth-order valence-electron chi connectivity index (χ4n) is 5.50. The number of rotatable bonds is 5. The summed E-state index contributed by atoms with van der Waals surface area (Å²) in [6.07, 6.45) is 4.78. The Morgan fingerprint density at radius 3 is 2.79 bits per heavy atom. The summed E-state index contributed by atoms with van der Waals surface area (Å²) in [5.74, 6) is 0.934. The molecule has 8 heteroatoms. The number of piperidine rings is 1. The van der Waals surface area contributed by atoms with Gasteiger partial charge >= 0.3 is 0 Å². The molecule has 2 fully saturated rings. The number of likely N-dealkylation sites (tertiary alicyclic amines) is 1. The molecular weight excluding hydrogens is 440 g/mol. The van der Waals surface area contributed by atoms with Gasteiger partial charge in [-0.3, -0.25) is 14.4 Å². The Morgan fingerprint density at radius 2 is 2.00 bits per heavy atom. The van der Waals surface area contributed by atoms with Crippen LogP contribution in [0.5, 0.6) is 5.75 Å². The number of carbonyl (C=O) groups excluding carboxylic acids is 1. The zero-order chi connectivity index (χ0) is 22.6. The van der Waals surface area contributed by atoms with E-state index in [1.807, 2.05) is 47.3 Å². The van der Waals surface area contributed by atoms with Crippen molar-refractivity contribution in [3.05, 3.63) is 53.2 Å². The number of fused-ring (bicyclic) bond motifs is 3. The number of aliphatic hydroxyl groups is 1. The number of ether oxygens (including phenoxy) is 1. The molecular formula is C25H27ClN4O3. The van der Waals surface area contributed by atoms with E-state index in [1.165, 1.54) is 0 Å². The second-order valence-electron chi connectivity index (χ2n) is 9.51. The first-order valence-corrected chi connectivity index (χ1v) is 12.0. The Balaban J connectivity index is 1.05. The van der Waals surface area contributed by atoms with Crippen molar-refractivity contribution in [3.63, 3.8) is 0 Å². The molecule has 33 heavy (non-hydrogen) atoms. The van der Waals surface area contributed by atoms with Crippen molar-refractivity contribution < 1.29 is 14.6 Å². The molecule has 1 aromatic heterocycles. The van der Waals surface area contributed by atoms with Gasteiger partial charge in [-0.15, -0.1) is 0 Å². The molecule has 7 nitrogen and oxygen atoms in total. The van der Waals surface area contributed by atoms with Gasteiger partial charge in [0.2, 0.25) is 5.91 Å². The molecule has 1 aliphatic carbocycles. The SMILES string of the molecule is O=C1Nc2ccc(Cl)cc2C12CCN(CCOc1ccc3c(cnn3C3CC(O)C3)c1)CC2. The Morgan fingerprint density at radius 1 is 1.18 bits per heavy atom. The molecule has 1 spiro atoms. The molecule has 6 rings (SSSR count). The van der Waals surface area contributed by atoms with Crippen LogP contribution in [-0.2, 0) is 10.2 Å². The van der Waals surface area contributed by atoms with Crippen LogP contribution in [0, 0.1) is 0 Å². The zero-order valence-electron chi connectivity index (χ0n) is 18.3. The number of nitrogens with one attached hydrogen (secondary N) is 1. The summed E-state index contributed by atoms with van der Waals surface area (Å²) >= 11 is 6.22. The Labute approximate surface area is 197 Å². The van der Waals surface area contributed by atoms with E-state index < -0.39 is 5.41 Å². The van der Waals surface area contributed by atoms with Crippen LogP contribution < -0.4 is 10.1 Å². The first kappa shape index (κ1) is 21.0. The summed E-state index contributed by atoms with van der Waals surface area (Å²) in [5, 5.41) is 18.9. The summed E-state index contributed by atoms with van der Waals surface area (Å²) in [7, 11) is 0. The summed E-state index contributed by atoms with van der Waals surface area (Å²) in [4.78, 5) is 15.2. The second-order valence-corrected chi connectivity index (χ2v) is 9.94. The van der Waals surface area contributed by atoms with Gasteiger partial charge in [0, 0.05) is 22.6 Å². The number of amides is 1. The monoisotopic (exact) mass is 466 g/mol. The van der Waals surface area contributed by atoms with Gasteiger partial charge in [-0.1, -0.05) is 11.6 Å². The number of aliphatic hydroxyl groups excluding tert-OH is 1. The van der Waals surface area contributed by atoms with E-state index in [2.05, 4.69) is 15.3 Å². The molecule has 2 N–H and O–H groups in total. The van der Waals surface area contributed by atoms with Gasteiger partial charge < -0.3 is 15.2 Å². The van der Waals surface area contributed by atoms with E-state index in [9.17, 15) is 9.90 Å². The van der Waals surface area contributed by atoms with Crippen molar-refractivity contribution in [2.45, 2.75) is 43.2 Å². The van der Waals surface area contributed by atoms with E-state index in [0.717, 1.165) is 73.2 Å². The number of hydrogen-bond acceptors (Lipinski definition) is 5. The van der Waals surface area contributed by atoms with Crippen LogP contribution in [0.2, 0.25) is 5.02 Å². The first-order chi connectivity index (χ1) is 16.0. The molecule has 0 bridgehead atoms. The minimum atomic E-state index is -0.459. The van der Waals surface area contributed by atoms with E-state index in [-0.39, 0.29) is 18.1 Å². The number of nitrogens with zero attached hydrogens (tertiary/aromatic N) is 3. The number of benzene rings is 2. The lowest BCUT2D eigenvalue weighted by atomic mass is 9.73. The van der Waals surface area contributed by atoms with Crippen molar-refractivity contribution in [2.24, 2.45) is 0 Å². The van der Waals surface area contributed by atoms with Gasteiger partial charge in [0.1, 0.15) is 12.4 Å². The minimum Gasteiger partial charge on any atom is -0.492 e. The lowest BCUT2D eigenvalue weighted by Crippen LogP contribution is -2.47. The first-order valence-electron chi connectivity index (χ1n) is 11.6. The predicted molar refractivity (Wildman–Crippen MR) is 127 cm³/mol. The van der Waals surface area contributed by atoms with Gasteiger partial charge in [-0.05, 0) is 80.7 Å². The standard InChI is InChI=1S/C25H27ClN4O3/c26-17-1-3-22-21(12-17)25(24(32)28-22)5-7-29(8-6-25)9-10-33-20-2-4-23-16(11-20)15-27-30(23)18-13-19(31)14-18/h1-4,11-12,15,18-19,31H,5-10,13-14H2,(H,28,32). The van der Waals surface area contributed by atoms with E-state index in [0.29, 0.717) is 11.6 Å². The summed E-state index contributed by atoms with van der Waals surface area (Å²) in [6, 6.07) is 12.0. The Bertz CT molecular complexity index is 1210. The molecule has 1 saturated carbocycles. The molecule has 0 unspecified atom stereocenters. The third-order valence-electron chi connectivity index (χ3n) is 7.57. The van der Waals surface area contributed by atoms with Crippen LogP contribution in [0.15, 0.2) is 42.6 Å². The molecule has 1 amide bonds. The van der Waals surface area contributed by atoms with Crippen LogP contribution in [0.4, 0.5) is 5.69 Å². The van der Waals surface area contributed by atoms with Gasteiger partial charge in [0.05, 0.1) is 29.3 Å². The topological polar surface area (TPSA) is 79.6 Å². The quantitative estimate of drug-likeness (QED) is 0.598. The van der Waals surface area contributed by atoms with Crippen LogP contribution in [-0.4, -0.2) is 58.0 Å². The highest BCUT2D eigenvalue weighted by molar-refractivity contribution is 6.31. The molecule has 1 saturated heterocycles. The zero-order valence-corrected chi connectivity index (χ0v) is 19.1. The minimum absolute atomic E-state index is 0.0981. The molecule has 3 aromatic rings. The number of hydrogen-bond donors (Lipinski definition) is 2. The number of halogens is 1. The summed E-state index contributed by atoms with van der Waals surface area (Å²) in [6.45, 7) is 3.11. The van der Waals surface area contributed by atoms with Gasteiger partial charge in [0.25, 0.3) is 0 Å². The second kappa shape index (κ2) is 8.01. The molecule has 2 aliphatic heterocycles. The van der Waals surface area contributed by atoms with Gasteiger partial charge in [-0.25, -0.2) is 0 Å². The predicted octanol–water partition coefficient (Wildman–Crippen LogP) is 3.75. The highest BCUT2D eigenvalue weighted by atomic mass is 35.5. The van der Waals surface area contributed by atoms with Crippen LogP contribution >= 0.6 is 11.6 Å². The maximum atomic E-state index is 12.8. The molecule has 2 aromatic carbocycles. The molecule has 0 atom stereocenters. The van der Waals surface area contributed by atoms with Crippen molar-refractivity contribution in [2.75, 3.05) is 31.6 Å². The lowest BCUT2D eigenvalue weighted by Gasteiger charge is -2.38. The van der Waals surface area contributed by atoms with E-state index in [4.69, 9.17) is 16.3 Å². The molecule has 0 radical (unpaired) electrons. The Hall–Kier alpha value is -2.61. The van der Waals surface area contributed by atoms with Crippen molar-refractivity contribution in [1.82, 2.24) is 14.7 Å². The van der Waals surface area contributed by atoms with Crippen molar-refractivity contribution in [1.29, 1.82) is 0 Å². The van der Waals surface area contributed by atoms with Crippen LogP contribution in [0.25, 0.3) is 10.9 Å². The average molecular weight is 467 g/mol. The smallest absolute Gasteiger partial charge is 0.235 e. The largest absolute Gasteiger partial charge is 0.492 e. The molecule has 172 valence electrons. The average Bonchev–Trinajstić information content (AvgIpc) is 3.32. The van der Waals surface area contributed by atoms with Gasteiger partial charge in [-0.2, -0.15) is 5.10 Å². The lowest BCUT2D eigenvalue weighted by molar-refractivity contribution is -0.122. The van der Waals surface area contributed by atoms with E-state index >= 15 is 0 Å². The Kier molecular flexibility index (Phi) is 5.09. The highest BCUT2D eigenvalue weighted by Crippen LogP contribution is 2.45. The fraction of sp³-hybridized carbons (Fsp3) is 0.440. The maximum absolute atomic E-state index is 12.8. The van der Waals surface area contributed by atoms with E-state index in [1.54, 1.807) is 0 Å². The third-order valence-corrected chi connectivity index (χ3v) is 7.80. The normalized spacial score (nSPS) is 24.0. The van der Waals surface area contributed by atoms with Crippen LogP contribution in [0.3, 0.4) is 0 Å². The fourth-order valence-corrected chi connectivity index (χ4v) is 5.68. The van der Waals surface area contributed by atoms with Crippen molar-refractivity contribution in [3.8, 4) is 5.75 Å². The van der Waals surface area contributed by atoms with Crippen molar-refractivity contribution >= 4 is 34.1 Å². The maximum Gasteiger partial charge on any atom is 0.235 e. The van der Waals surface area contributed by atoms with Crippen LogP contribution in [0.1, 0.15) is 37.3 Å². The summed E-state index contributed by atoms with van der Waals surface area (Å²) in [5.41, 5.74) is 2.56. The number of carbonyl (C=O) groups is 1.